The molecule has 0 radical (unpaired) electrons. The summed E-state index contributed by atoms with van der Waals surface area (Å²) < 4.78 is 0. The molecule has 10 atom stereocenters. The van der Waals surface area contributed by atoms with Crippen LogP contribution in [0.3, 0.4) is 0 Å². The number of aliphatic carboxylic acids is 1. The van der Waals surface area contributed by atoms with Gasteiger partial charge < -0.3 is 30.6 Å². The maximum absolute atomic E-state index is 12.8. The molecule has 0 spiro atoms. The van der Waals surface area contributed by atoms with Crippen LogP contribution < -0.4 is 0 Å². The van der Waals surface area contributed by atoms with E-state index in [-0.39, 0.29) is 41.3 Å². The molecule has 7 nitrogen and oxygen atoms in total. The molecular weight excluding hydrogens is 472 g/mol. The van der Waals surface area contributed by atoms with Crippen LogP contribution in [0, 0.1) is 50.2 Å². The second-order valence-electron chi connectivity index (χ2n) is 14.9. The Morgan fingerprint density at radius 2 is 1.51 bits per heavy atom. The third-order valence-corrected chi connectivity index (χ3v) is 13.4. The molecule has 0 aromatic carbocycles. The molecule has 6 N–H and O–H groups in total. The molecule has 0 unspecified atom stereocenters. The first-order chi connectivity index (χ1) is 17.1. The molecule has 37 heavy (non-hydrogen) atoms. The minimum Gasteiger partial charge on any atom is -0.481 e. The lowest BCUT2D eigenvalue weighted by molar-refractivity contribution is -0.258. The van der Waals surface area contributed by atoms with Crippen molar-refractivity contribution in [3.8, 4) is 0 Å². The fourth-order valence-corrected chi connectivity index (χ4v) is 10.8. The Morgan fingerprint density at radius 1 is 0.892 bits per heavy atom. The first kappa shape index (κ1) is 27.6. The Morgan fingerprint density at radius 3 is 2.11 bits per heavy atom. The summed E-state index contributed by atoms with van der Waals surface area (Å²) in [6, 6.07) is 0. The van der Waals surface area contributed by atoms with Crippen LogP contribution in [-0.4, -0.2) is 68.1 Å². The van der Waals surface area contributed by atoms with Crippen LogP contribution in [-0.2, 0) is 4.79 Å². The lowest BCUT2D eigenvalue weighted by atomic mass is 9.33. The van der Waals surface area contributed by atoms with Crippen molar-refractivity contribution in [2.75, 3.05) is 13.2 Å². The van der Waals surface area contributed by atoms with E-state index in [2.05, 4.69) is 26.8 Å². The zero-order valence-electron chi connectivity index (χ0n) is 23.2. The van der Waals surface area contributed by atoms with Crippen molar-refractivity contribution in [3.05, 3.63) is 11.6 Å². The first-order valence-electron chi connectivity index (χ1n) is 14.3. The quantitative estimate of drug-likeness (QED) is 0.314. The zero-order valence-corrected chi connectivity index (χ0v) is 23.2. The van der Waals surface area contributed by atoms with Gasteiger partial charge in [0.25, 0.3) is 0 Å². The summed E-state index contributed by atoms with van der Waals surface area (Å²) in [5.74, 6) is -1.24. The second-order valence-corrected chi connectivity index (χ2v) is 14.9. The van der Waals surface area contributed by atoms with Gasteiger partial charge in [0, 0.05) is 11.3 Å². The summed E-state index contributed by atoms with van der Waals surface area (Å²) >= 11 is 0. The number of aliphatic hydroxyl groups excluding tert-OH is 5. The smallest absolute Gasteiger partial charge is 0.310 e. The molecule has 210 valence electrons. The van der Waals surface area contributed by atoms with Gasteiger partial charge in [0.15, 0.2) is 0 Å². The Bertz CT molecular complexity index is 986. The Hall–Kier alpha value is -0.990. The van der Waals surface area contributed by atoms with Gasteiger partial charge in [0.2, 0.25) is 0 Å². The van der Waals surface area contributed by atoms with Gasteiger partial charge in [0.05, 0.1) is 36.9 Å². The summed E-state index contributed by atoms with van der Waals surface area (Å²) in [4.78, 5) is 12.8. The SMILES string of the molecule is CC1(C)CC[C@]2(C(=O)O)CC[C@]3(C)C(=CC[C@H]4[C@@]5(C)C[C@@H](O)[C@H](O)C(CO)(CO)[C@H]5CC[C@]43C)[C@@H]2[C@@H]1O. The highest BCUT2D eigenvalue weighted by Crippen LogP contribution is 2.75. The van der Waals surface area contributed by atoms with Crippen molar-refractivity contribution in [1.82, 2.24) is 0 Å². The van der Waals surface area contributed by atoms with E-state index in [0.29, 0.717) is 38.5 Å². The van der Waals surface area contributed by atoms with Gasteiger partial charge in [-0.05, 0) is 84.9 Å². The van der Waals surface area contributed by atoms with E-state index < -0.39 is 46.4 Å². The molecule has 0 amide bonds. The standard InChI is InChI=1S/C30H48O7/c1-25(2)10-12-29(24(36)37)13-11-27(4)17(21(29)23(25)35)6-7-19-26(3)14-18(33)22(34)30(15-31,16-32)20(26)8-9-28(19,27)5/h6,18-23,31-35H,7-16H2,1-5H3,(H,36,37)/t18-,19+,20+,21-,22+,23+,26-,27-,28-,29+/m1/s1. The molecule has 0 saturated heterocycles. The van der Waals surface area contributed by atoms with Crippen molar-refractivity contribution in [2.45, 2.75) is 104 Å². The molecule has 5 aliphatic carbocycles. The normalized spacial score (nSPS) is 52.1. The van der Waals surface area contributed by atoms with Crippen LogP contribution in [0.5, 0.6) is 0 Å². The monoisotopic (exact) mass is 520 g/mol. The number of carboxylic acid groups (broad SMARTS) is 1. The molecular formula is C30H48O7. The molecule has 0 aromatic heterocycles. The zero-order chi connectivity index (χ0) is 27.4. The molecule has 0 aromatic rings. The van der Waals surface area contributed by atoms with Crippen molar-refractivity contribution in [3.63, 3.8) is 0 Å². The van der Waals surface area contributed by atoms with Gasteiger partial charge in [-0.1, -0.05) is 46.3 Å². The number of fused-ring (bicyclic) bond motifs is 7. The number of hydrogen-bond acceptors (Lipinski definition) is 6. The Kier molecular flexibility index (Phi) is 6.16. The van der Waals surface area contributed by atoms with Crippen molar-refractivity contribution in [1.29, 1.82) is 0 Å². The highest BCUT2D eigenvalue weighted by atomic mass is 16.4. The number of aliphatic hydroxyl groups is 5. The van der Waals surface area contributed by atoms with Crippen LogP contribution in [0.25, 0.3) is 0 Å². The summed E-state index contributed by atoms with van der Waals surface area (Å²) in [5, 5.41) is 65.1. The van der Waals surface area contributed by atoms with Gasteiger partial charge in [-0.3, -0.25) is 4.79 Å². The van der Waals surface area contributed by atoms with Crippen LogP contribution in [0.4, 0.5) is 0 Å². The summed E-state index contributed by atoms with van der Waals surface area (Å²) in [6.07, 6.45) is 4.43. The van der Waals surface area contributed by atoms with Crippen LogP contribution in [0.1, 0.15) is 86.0 Å². The highest BCUT2D eigenvalue weighted by Gasteiger charge is 2.72. The van der Waals surface area contributed by atoms with E-state index in [0.717, 1.165) is 18.4 Å². The van der Waals surface area contributed by atoms with Gasteiger partial charge in [-0.25, -0.2) is 0 Å². The van der Waals surface area contributed by atoms with Crippen LogP contribution in [0.2, 0.25) is 0 Å². The van der Waals surface area contributed by atoms with Gasteiger partial charge in [-0.2, -0.15) is 0 Å². The molecule has 7 heteroatoms. The largest absolute Gasteiger partial charge is 0.481 e. The molecule has 5 aliphatic rings. The van der Waals surface area contributed by atoms with Gasteiger partial charge >= 0.3 is 5.97 Å². The highest BCUT2D eigenvalue weighted by molar-refractivity contribution is 5.77. The maximum Gasteiger partial charge on any atom is 0.310 e. The fraction of sp³-hybridized carbons (Fsp3) is 0.900. The minimum atomic E-state index is -1.18. The predicted molar refractivity (Wildman–Crippen MR) is 138 cm³/mol. The Labute approximate surface area is 221 Å². The van der Waals surface area contributed by atoms with Crippen LogP contribution >= 0.6 is 0 Å². The minimum absolute atomic E-state index is 0.123. The maximum atomic E-state index is 12.8. The third-order valence-electron chi connectivity index (χ3n) is 13.4. The molecule has 4 saturated carbocycles. The third kappa shape index (κ3) is 3.15. The van der Waals surface area contributed by atoms with Gasteiger partial charge in [-0.15, -0.1) is 0 Å². The number of allylic oxidation sites excluding steroid dienone is 1. The molecule has 5 rings (SSSR count). The number of hydrogen-bond donors (Lipinski definition) is 6. The van der Waals surface area contributed by atoms with E-state index in [1.54, 1.807) is 0 Å². The van der Waals surface area contributed by atoms with Gasteiger partial charge in [0.1, 0.15) is 0 Å². The van der Waals surface area contributed by atoms with E-state index in [1.807, 2.05) is 13.8 Å². The van der Waals surface area contributed by atoms with Crippen LogP contribution in [0.15, 0.2) is 11.6 Å². The summed E-state index contributed by atoms with van der Waals surface area (Å²) in [5.41, 5.74) is -2.32. The summed E-state index contributed by atoms with van der Waals surface area (Å²) in [7, 11) is 0. The van der Waals surface area contributed by atoms with Crippen molar-refractivity contribution < 1.29 is 35.4 Å². The molecule has 0 heterocycles. The van der Waals surface area contributed by atoms with E-state index >= 15 is 0 Å². The predicted octanol–water partition coefficient (Wildman–Crippen LogP) is 3.12. The molecule has 0 bridgehead atoms. The topological polar surface area (TPSA) is 138 Å². The average molecular weight is 521 g/mol. The Balaban J connectivity index is 1.64. The van der Waals surface area contributed by atoms with Crippen molar-refractivity contribution >= 4 is 5.97 Å². The molecule has 0 aliphatic heterocycles. The first-order valence-corrected chi connectivity index (χ1v) is 14.3. The average Bonchev–Trinajstić information content (AvgIpc) is 2.83. The second kappa shape index (κ2) is 8.26. The lowest BCUT2D eigenvalue weighted by Crippen LogP contribution is -2.70. The molecule has 4 fully saturated rings. The van der Waals surface area contributed by atoms with E-state index in [9.17, 15) is 35.4 Å². The lowest BCUT2D eigenvalue weighted by Gasteiger charge is -2.72. The number of carbonyl (C=O) groups is 1. The fourth-order valence-electron chi connectivity index (χ4n) is 10.8. The van der Waals surface area contributed by atoms with Crippen molar-refractivity contribution in [2.24, 2.45) is 50.2 Å². The summed E-state index contributed by atoms with van der Waals surface area (Å²) in [6.45, 7) is 10.1. The van der Waals surface area contributed by atoms with E-state index in [1.165, 1.54) is 0 Å². The van der Waals surface area contributed by atoms with E-state index in [4.69, 9.17) is 0 Å². The number of rotatable bonds is 3. The number of carboxylic acids is 1.